The summed E-state index contributed by atoms with van der Waals surface area (Å²) in [6.07, 6.45) is -7.15. The number of aliphatic hydroxyl groups is 1. The molecule has 0 radical (unpaired) electrons. The Morgan fingerprint density at radius 1 is 0.854 bits per heavy atom. The van der Waals surface area contributed by atoms with Crippen LogP contribution < -0.4 is 0 Å². The van der Waals surface area contributed by atoms with Crippen molar-refractivity contribution in [2.45, 2.75) is 110 Å². The number of carbonyl (C=O) groups is 6. The van der Waals surface area contributed by atoms with Gasteiger partial charge in [-0.2, -0.15) is 0 Å². The third-order valence-electron chi connectivity index (χ3n) is 10.8. The molecule has 1 heterocycles. The van der Waals surface area contributed by atoms with Crippen LogP contribution in [-0.4, -0.2) is 89.1 Å². The normalized spacial score (nSPS) is 36.5. The Kier molecular flexibility index (Phi) is 8.88. The van der Waals surface area contributed by atoms with Gasteiger partial charge in [0.15, 0.2) is 17.5 Å². The zero-order chi connectivity index (χ0) is 35.6. The molecule has 3 fully saturated rings. The van der Waals surface area contributed by atoms with E-state index in [9.17, 15) is 29.1 Å². The molecule has 1 saturated heterocycles. The van der Waals surface area contributed by atoms with Crippen LogP contribution in [0.5, 0.6) is 0 Å². The highest BCUT2D eigenvalue weighted by atomic mass is 16.6. The number of hydrogen-bond donors (Lipinski definition) is 1. The van der Waals surface area contributed by atoms with Gasteiger partial charge in [0.05, 0.1) is 23.5 Å². The van der Waals surface area contributed by atoms with Gasteiger partial charge in [0.1, 0.15) is 30.0 Å². The third-order valence-corrected chi connectivity index (χ3v) is 10.8. The zero-order valence-corrected chi connectivity index (χ0v) is 28.3. The average Bonchev–Trinajstić information content (AvgIpc) is 2.97. The number of fused-ring (bicyclic) bond motifs is 5. The Morgan fingerprint density at radius 3 is 1.98 bits per heavy atom. The fraction of sp³-hybridized carbons (Fsp3) is 0.600. The quantitative estimate of drug-likeness (QED) is 0.266. The minimum atomic E-state index is -2.19. The van der Waals surface area contributed by atoms with Gasteiger partial charge < -0.3 is 33.5 Å². The minimum absolute atomic E-state index is 0.104. The molecule has 260 valence electrons. The van der Waals surface area contributed by atoms with Crippen LogP contribution >= 0.6 is 0 Å². The van der Waals surface area contributed by atoms with Crippen molar-refractivity contribution in [1.29, 1.82) is 0 Å². The average molecular weight is 671 g/mol. The van der Waals surface area contributed by atoms with Crippen LogP contribution in [0, 0.1) is 16.7 Å². The molecule has 0 amide bonds. The monoisotopic (exact) mass is 670 g/mol. The predicted octanol–water partition coefficient (Wildman–Crippen LogP) is 2.79. The topological polar surface area (TPSA) is 178 Å². The van der Waals surface area contributed by atoms with Crippen LogP contribution in [0.1, 0.15) is 78.6 Å². The largest absolute Gasteiger partial charge is 0.461 e. The summed E-state index contributed by atoms with van der Waals surface area (Å²) < 4.78 is 35.6. The standard InChI is InChI=1S/C35H42O13/c1-17-23(44-18(2)36)15-35(42)30(47-31(41)22-12-10-9-11-13-22)28-33(8,29(40)27(46-20(4)38)26(17)32(35,6)7)24(45-19(3)37)14-25-34(28,16-43-25)48-21(5)39/h9-13,23-25,27-28,30,42H,14-16H2,1-8H3/t23-,24-,25+,27+,28-,30-,33+,34-,35-/m0/s1. The first-order valence-electron chi connectivity index (χ1n) is 15.9. The van der Waals surface area contributed by atoms with E-state index in [4.69, 9.17) is 28.4 Å². The first-order valence-corrected chi connectivity index (χ1v) is 15.9. The van der Waals surface area contributed by atoms with Gasteiger partial charge in [-0.3, -0.25) is 24.0 Å². The summed E-state index contributed by atoms with van der Waals surface area (Å²) in [5.41, 5.74) is -6.69. The molecule has 2 saturated carbocycles. The first-order chi connectivity index (χ1) is 22.3. The van der Waals surface area contributed by atoms with Crippen molar-refractivity contribution < 1.29 is 62.3 Å². The van der Waals surface area contributed by atoms with Crippen molar-refractivity contribution >= 4 is 35.6 Å². The summed E-state index contributed by atoms with van der Waals surface area (Å²) in [5.74, 6) is -6.04. The van der Waals surface area contributed by atoms with Crippen molar-refractivity contribution in [1.82, 2.24) is 0 Å². The fourth-order valence-corrected chi connectivity index (χ4v) is 8.57. The maximum Gasteiger partial charge on any atom is 0.338 e. The van der Waals surface area contributed by atoms with Crippen LogP contribution in [0.4, 0.5) is 0 Å². The lowest BCUT2D eigenvalue weighted by molar-refractivity contribution is -0.346. The van der Waals surface area contributed by atoms with Gasteiger partial charge in [-0.15, -0.1) is 0 Å². The van der Waals surface area contributed by atoms with E-state index in [-0.39, 0.29) is 30.6 Å². The molecule has 48 heavy (non-hydrogen) atoms. The Bertz CT molecular complexity index is 1580. The van der Waals surface area contributed by atoms with Crippen LogP contribution in [-0.2, 0) is 52.4 Å². The summed E-state index contributed by atoms with van der Waals surface area (Å²) in [4.78, 5) is 79.8. The van der Waals surface area contributed by atoms with E-state index in [2.05, 4.69) is 0 Å². The van der Waals surface area contributed by atoms with E-state index in [0.717, 1.165) is 6.92 Å². The lowest BCUT2D eigenvalue weighted by Crippen LogP contribution is -2.82. The van der Waals surface area contributed by atoms with Crippen LogP contribution in [0.3, 0.4) is 0 Å². The molecular formula is C35H42O13. The number of ketones is 1. The second kappa shape index (κ2) is 12.1. The van der Waals surface area contributed by atoms with Gasteiger partial charge >= 0.3 is 29.8 Å². The van der Waals surface area contributed by atoms with E-state index in [0.29, 0.717) is 5.57 Å². The van der Waals surface area contributed by atoms with Crippen LogP contribution in [0.15, 0.2) is 41.5 Å². The molecule has 5 rings (SSSR count). The van der Waals surface area contributed by atoms with Crippen molar-refractivity contribution in [3.8, 4) is 0 Å². The molecule has 0 unspecified atom stereocenters. The molecule has 3 aliphatic carbocycles. The summed E-state index contributed by atoms with van der Waals surface area (Å²) in [6.45, 7) is 10.7. The van der Waals surface area contributed by atoms with Gasteiger partial charge in [-0.05, 0) is 37.1 Å². The van der Waals surface area contributed by atoms with Gasteiger partial charge in [0.2, 0.25) is 0 Å². The second-order valence-electron chi connectivity index (χ2n) is 13.9. The van der Waals surface area contributed by atoms with Gasteiger partial charge in [-0.1, -0.05) is 32.0 Å². The summed E-state index contributed by atoms with van der Waals surface area (Å²) >= 11 is 0. The molecule has 9 atom stereocenters. The van der Waals surface area contributed by atoms with Crippen molar-refractivity contribution in [3.05, 3.63) is 47.0 Å². The van der Waals surface area contributed by atoms with Crippen molar-refractivity contribution in [2.75, 3.05) is 6.61 Å². The smallest absolute Gasteiger partial charge is 0.338 e. The molecule has 1 aliphatic heterocycles. The minimum Gasteiger partial charge on any atom is -0.461 e. The second-order valence-corrected chi connectivity index (χ2v) is 13.9. The number of hydrogen-bond acceptors (Lipinski definition) is 13. The van der Waals surface area contributed by atoms with E-state index in [1.54, 1.807) is 39.0 Å². The SMILES string of the molecule is CC(=O)O[C@H]1C(=O)[C@]2(C)[C@@H](OC(C)=O)C[C@H]3OC[C@@]3(OC(C)=O)[C@H]2[C@H](OC(=O)c2ccccc2)[C@@]2(O)C[C@H](OC(C)=O)C(C)=C1C2(C)C. The number of ether oxygens (including phenoxy) is 6. The van der Waals surface area contributed by atoms with E-state index in [1.807, 2.05) is 0 Å². The molecule has 0 aromatic heterocycles. The summed E-state index contributed by atoms with van der Waals surface area (Å²) in [6, 6.07) is 7.98. The Balaban J connectivity index is 1.90. The Hall–Kier alpha value is -4.10. The first kappa shape index (κ1) is 35.2. The summed E-state index contributed by atoms with van der Waals surface area (Å²) in [7, 11) is 0. The maximum absolute atomic E-state index is 15.3. The lowest BCUT2D eigenvalue weighted by Gasteiger charge is -2.67. The van der Waals surface area contributed by atoms with E-state index < -0.39 is 94.1 Å². The Labute approximate surface area is 278 Å². The molecule has 0 spiro atoms. The number of benzene rings is 1. The van der Waals surface area contributed by atoms with Crippen molar-refractivity contribution in [3.63, 3.8) is 0 Å². The summed E-state index contributed by atoms with van der Waals surface area (Å²) in [5, 5.41) is 13.3. The lowest BCUT2D eigenvalue weighted by atomic mass is 9.44. The molecule has 1 aromatic rings. The molecule has 1 aromatic carbocycles. The van der Waals surface area contributed by atoms with Crippen LogP contribution in [0.2, 0.25) is 0 Å². The highest BCUT2D eigenvalue weighted by Gasteiger charge is 2.79. The third kappa shape index (κ3) is 5.31. The molecule has 2 bridgehead atoms. The van der Waals surface area contributed by atoms with Crippen LogP contribution in [0.25, 0.3) is 0 Å². The molecule has 13 nitrogen and oxygen atoms in total. The van der Waals surface area contributed by atoms with Gasteiger partial charge in [0, 0.05) is 46.0 Å². The van der Waals surface area contributed by atoms with Gasteiger partial charge in [-0.25, -0.2) is 4.79 Å². The van der Waals surface area contributed by atoms with E-state index >= 15 is 4.79 Å². The zero-order valence-electron chi connectivity index (χ0n) is 28.3. The van der Waals surface area contributed by atoms with Crippen molar-refractivity contribution in [2.24, 2.45) is 16.7 Å². The predicted molar refractivity (Wildman–Crippen MR) is 164 cm³/mol. The molecule has 1 N–H and O–H groups in total. The highest BCUT2D eigenvalue weighted by molar-refractivity contribution is 5.96. The number of Topliss-reactive ketones (excluding diaryl/α,β-unsaturated/α-hetero) is 1. The highest BCUT2D eigenvalue weighted by Crippen LogP contribution is 2.65. The fourth-order valence-electron chi connectivity index (χ4n) is 8.57. The van der Waals surface area contributed by atoms with E-state index in [1.165, 1.54) is 39.8 Å². The number of carbonyl (C=O) groups excluding carboxylic acids is 6. The number of rotatable bonds is 6. The molecular weight excluding hydrogens is 628 g/mol. The maximum atomic E-state index is 15.3. The number of esters is 5. The molecule has 13 heteroatoms. The van der Waals surface area contributed by atoms with Gasteiger partial charge in [0.25, 0.3) is 0 Å². The Morgan fingerprint density at radius 2 is 1.46 bits per heavy atom. The molecule has 4 aliphatic rings.